The lowest BCUT2D eigenvalue weighted by Gasteiger charge is -2.19. The van der Waals surface area contributed by atoms with E-state index in [1.165, 1.54) is 0 Å². The van der Waals surface area contributed by atoms with E-state index in [2.05, 4.69) is 129 Å². The van der Waals surface area contributed by atoms with Gasteiger partial charge in [-0.25, -0.2) is 0 Å². The van der Waals surface area contributed by atoms with Crippen molar-refractivity contribution < 1.29 is 15.0 Å². The monoisotopic (exact) mass is 631 g/mol. The Hall–Kier alpha value is -3.21. The largest absolute Gasteiger partial charge is 0.394 e. The van der Waals surface area contributed by atoms with Gasteiger partial charge in [-0.2, -0.15) is 0 Å². The Kier molecular flexibility index (Phi) is 33.7. The van der Waals surface area contributed by atoms with Crippen molar-refractivity contribution in [3.63, 3.8) is 0 Å². The zero-order valence-corrected chi connectivity index (χ0v) is 29.0. The smallest absolute Gasteiger partial charge is 0.220 e. The molecule has 0 aliphatic rings. The quantitative estimate of drug-likeness (QED) is 0.0568. The van der Waals surface area contributed by atoms with Crippen LogP contribution in [0.15, 0.2) is 122 Å². The Morgan fingerprint density at radius 1 is 0.543 bits per heavy atom. The molecule has 0 spiro atoms. The third kappa shape index (κ3) is 32.2. The first-order chi connectivity index (χ1) is 22.7. The minimum atomic E-state index is -0.867. The second-order valence-electron chi connectivity index (χ2n) is 11.2. The average molecular weight is 632 g/mol. The molecule has 2 unspecified atom stereocenters. The average Bonchev–Trinajstić information content (AvgIpc) is 3.06. The molecule has 0 aliphatic carbocycles. The number of hydrogen-bond acceptors (Lipinski definition) is 3. The van der Waals surface area contributed by atoms with Gasteiger partial charge in [0.15, 0.2) is 0 Å². The van der Waals surface area contributed by atoms with Gasteiger partial charge in [-0.05, 0) is 83.5 Å². The summed E-state index contributed by atoms with van der Waals surface area (Å²) in [6.45, 7) is 4.03. The number of rotatable bonds is 29. The summed E-state index contributed by atoms with van der Waals surface area (Å²) in [5, 5.41) is 22.5. The number of amides is 1. The predicted octanol–water partition coefficient (Wildman–Crippen LogP) is 10.7. The molecule has 0 rings (SSSR count). The van der Waals surface area contributed by atoms with Crippen molar-refractivity contribution in [2.75, 3.05) is 6.61 Å². The summed E-state index contributed by atoms with van der Waals surface area (Å²) in [7, 11) is 0. The molecule has 0 aromatic rings. The van der Waals surface area contributed by atoms with Gasteiger partial charge in [0.25, 0.3) is 0 Å². The second kappa shape index (κ2) is 36.3. The molecule has 0 aromatic carbocycles. The fourth-order valence-electron chi connectivity index (χ4n) is 4.23. The van der Waals surface area contributed by atoms with Crippen LogP contribution in [0, 0.1) is 0 Å². The van der Waals surface area contributed by atoms with E-state index in [9.17, 15) is 15.0 Å². The van der Waals surface area contributed by atoms with E-state index >= 15 is 0 Å². The summed E-state index contributed by atoms with van der Waals surface area (Å²) in [5.41, 5.74) is 0. The fraction of sp³-hybridized carbons (Fsp3) is 0.500. The molecule has 0 saturated heterocycles. The number of unbranched alkanes of at least 4 members (excludes halogenated alkanes) is 4. The van der Waals surface area contributed by atoms with E-state index in [0.29, 0.717) is 6.42 Å². The Labute approximate surface area is 282 Å². The molecule has 256 valence electrons. The topological polar surface area (TPSA) is 69.6 Å². The Morgan fingerprint density at radius 2 is 0.935 bits per heavy atom. The van der Waals surface area contributed by atoms with Crippen molar-refractivity contribution >= 4 is 5.91 Å². The minimum absolute atomic E-state index is 0.137. The van der Waals surface area contributed by atoms with Gasteiger partial charge in [0.1, 0.15) is 0 Å². The number of hydrogen-bond donors (Lipinski definition) is 3. The predicted molar refractivity (Wildman–Crippen MR) is 202 cm³/mol. The summed E-state index contributed by atoms with van der Waals surface area (Å²) < 4.78 is 0. The van der Waals surface area contributed by atoms with E-state index in [4.69, 9.17) is 0 Å². The van der Waals surface area contributed by atoms with Crippen molar-refractivity contribution in [1.82, 2.24) is 5.32 Å². The highest BCUT2D eigenvalue weighted by Gasteiger charge is 2.17. The SMILES string of the molecule is CC/C=C\C/C=C\C/C=C\C/C=C\C/C=C\C/C=C\C/C=C\C/C=C\C/C=C\CCCC(=O)NC(CO)C(O)/C=C/CCCCC. The van der Waals surface area contributed by atoms with E-state index in [1.807, 2.05) is 6.08 Å². The van der Waals surface area contributed by atoms with Crippen LogP contribution in [0.1, 0.15) is 117 Å². The summed E-state index contributed by atoms with van der Waals surface area (Å²) in [6.07, 6.45) is 57.5. The number of aliphatic hydroxyl groups excluding tert-OH is 2. The third-order valence-electron chi connectivity index (χ3n) is 6.95. The Morgan fingerprint density at radius 3 is 1.33 bits per heavy atom. The molecule has 1 amide bonds. The number of nitrogens with one attached hydrogen (secondary N) is 1. The second-order valence-corrected chi connectivity index (χ2v) is 11.2. The standard InChI is InChI=1S/C42H65NO3/c1-3-5-7-9-10-11-12-13-14-15-16-17-18-19-20-21-22-23-24-25-26-27-28-29-30-31-32-34-36-38-42(46)43-40(39-44)41(45)37-35-33-8-6-4-2/h5,7,10-11,13-14,16-17,19-20,22-23,25-26,28-29,31-32,35,37,40-41,44-45H,3-4,6,8-9,12,15,18,21,24,27,30,33-34,36,38-39H2,1-2H3,(H,43,46)/b7-5-,11-10-,14-13-,17-16-,20-19-,23-22-,26-25-,29-28-,32-31-,37-35+. The molecular weight excluding hydrogens is 566 g/mol. The molecular formula is C42H65NO3. The van der Waals surface area contributed by atoms with Gasteiger partial charge < -0.3 is 15.5 Å². The number of allylic oxidation sites excluding steroid dienone is 19. The summed E-state index contributed by atoms with van der Waals surface area (Å²) in [4.78, 5) is 12.2. The maximum Gasteiger partial charge on any atom is 0.220 e. The molecule has 0 radical (unpaired) electrons. The van der Waals surface area contributed by atoms with Crippen LogP contribution >= 0.6 is 0 Å². The maximum absolute atomic E-state index is 12.2. The van der Waals surface area contributed by atoms with Gasteiger partial charge >= 0.3 is 0 Å². The van der Waals surface area contributed by atoms with E-state index < -0.39 is 12.1 Å². The molecule has 0 saturated carbocycles. The highest BCUT2D eigenvalue weighted by atomic mass is 16.3. The number of carbonyl (C=O) groups excluding carboxylic acids is 1. The molecule has 4 nitrogen and oxygen atoms in total. The summed E-state index contributed by atoms with van der Waals surface area (Å²) in [6, 6.07) is -0.657. The van der Waals surface area contributed by atoms with Gasteiger partial charge in [-0.1, -0.05) is 148 Å². The lowest BCUT2D eigenvalue weighted by molar-refractivity contribution is -0.122. The third-order valence-corrected chi connectivity index (χ3v) is 6.95. The molecule has 0 aliphatic heterocycles. The zero-order valence-electron chi connectivity index (χ0n) is 29.0. The first kappa shape index (κ1) is 42.8. The van der Waals surface area contributed by atoms with Crippen LogP contribution in [-0.2, 0) is 4.79 Å². The van der Waals surface area contributed by atoms with Crippen LogP contribution in [0.3, 0.4) is 0 Å². The van der Waals surface area contributed by atoms with Crippen LogP contribution in [0.25, 0.3) is 0 Å². The Balaban J connectivity index is 3.79. The summed E-state index contributed by atoms with van der Waals surface area (Å²) in [5.74, 6) is -0.137. The van der Waals surface area contributed by atoms with Crippen molar-refractivity contribution in [2.45, 2.75) is 129 Å². The van der Waals surface area contributed by atoms with Crippen LogP contribution in [0.2, 0.25) is 0 Å². The molecule has 0 bridgehead atoms. The molecule has 2 atom stereocenters. The van der Waals surface area contributed by atoms with Gasteiger partial charge in [-0.3, -0.25) is 4.79 Å². The van der Waals surface area contributed by atoms with Crippen molar-refractivity contribution in [2.24, 2.45) is 0 Å². The molecule has 0 aromatic heterocycles. The van der Waals surface area contributed by atoms with Gasteiger partial charge in [0.05, 0.1) is 18.8 Å². The highest BCUT2D eigenvalue weighted by Crippen LogP contribution is 2.04. The lowest BCUT2D eigenvalue weighted by Crippen LogP contribution is -2.45. The van der Waals surface area contributed by atoms with Crippen LogP contribution in [-0.4, -0.2) is 34.9 Å². The normalized spacial score (nSPS) is 14.6. The van der Waals surface area contributed by atoms with Crippen LogP contribution in [0.5, 0.6) is 0 Å². The van der Waals surface area contributed by atoms with Crippen molar-refractivity contribution in [1.29, 1.82) is 0 Å². The molecule has 3 N–H and O–H groups in total. The highest BCUT2D eigenvalue weighted by molar-refractivity contribution is 5.76. The van der Waals surface area contributed by atoms with Crippen LogP contribution in [0.4, 0.5) is 0 Å². The Bertz CT molecular complexity index is 990. The van der Waals surface area contributed by atoms with Crippen molar-refractivity contribution in [3.05, 3.63) is 122 Å². The number of carbonyl (C=O) groups is 1. The molecule has 0 heterocycles. The van der Waals surface area contributed by atoms with E-state index in [-0.39, 0.29) is 12.5 Å². The minimum Gasteiger partial charge on any atom is -0.394 e. The first-order valence-electron chi connectivity index (χ1n) is 17.7. The van der Waals surface area contributed by atoms with Crippen molar-refractivity contribution in [3.8, 4) is 0 Å². The molecule has 0 fully saturated rings. The van der Waals surface area contributed by atoms with Gasteiger partial charge in [-0.15, -0.1) is 0 Å². The zero-order chi connectivity index (χ0) is 33.6. The molecule has 46 heavy (non-hydrogen) atoms. The maximum atomic E-state index is 12.2. The lowest BCUT2D eigenvalue weighted by atomic mass is 10.1. The first-order valence-corrected chi connectivity index (χ1v) is 17.7. The van der Waals surface area contributed by atoms with Gasteiger partial charge in [0, 0.05) is 6.42 Å². The van der Waals surface area contributed by atoms with E-state index in [1.54, 1.807) is 6.08 Å². The summed E-state index contributed by atoms with van der Waals surface area (Å²) >= 11 is 0. The number of aliphatic hydroxyl groups is 2. The van der Waals surface area contributed by atoms with Crippen LogP contribution < -0.4 is 5.32 Å². The van der Waals surface area contributed by atoms with E-state index in [0.717, 1.165) is 96.3 Å². The van der Waals surface area contributed by atoms with Gasteiger partial charge in [0.2, 0.25) is 5.91 Å². The molecule has 4 heteroatoms. The fourth-order valence-corrected chi connectivity index (χ4v) is 4.23.